The summed E-state index contributed by atoms with van der Waals surface area (Å²) in [4.78, 5) is 34.6. The zero-order chi connectivity index (χ0) is 17.0. The van der Waals surface area contributed by atoms with Crippen LogP contribution < -0.4 is 5.32 Å². The van der Waals surface area contributed by atoms with Crippen LogP contribution in [0.25, 0.3) is 0 Å². The van der Waals surface area contributed by atoms with Crippen molar-refractivity contribution in [2.24, 2.45) is 0 Å². The molecule has 1 aliphatic heterocycles. The predicted molar refractivity (Wildman–Crippen MR) is 76.7 cm³/mol. The van der Waals surface area contributed by atoms with Crippen molar-refractivity contribution in [3.63, 3.8) is 0 Å². The van der Waals surface area contributed by atoms with Crippen molar-refractivity contribution in [2.45, 2.75) is 31.6 Å². The highest BCUT2D eigenvalue weighted by molar-refractivity contribution is 5.94. The number of benzene rings is 1. The summed E-state index contributed by atoms with van der Waals surface area (Å²) in [7, 11) is 0. The van der Waals surface area contributed by atoms with E-state index in [2.05, 4.69) is 5.32 Å². The number of carboxylic acid groups (broad SMARTS) is 1. The van der Waals surface area contributed by atoms with E-state index in [1.165, 1.54) is 12.1 Å². The van der Waals surface area contributed by atoms with Crippen molar-refractivity contribution in [3.05, 3.63) is 29.8 Å². The Balaban J connectivity index is 1.92. The van der Waals surface area contributed by atoms with Gasteiger partial charge in [0.2, 0.25) is 0 Å². The third-order valence-electron chi connectivity index (χ3n) is 3.26. The summed E-state index contributed by atoms with van der Waals surface area (Å²) in [6, 6.07) is 4.81. The molecule has 1 aromatic rings. The number of carbonyl (C=O) groups excluding carboxylic acids is 2. The van der Waals surface area contributed by atoms with Crippen molar-refractivity contribution in [3.8, 4) is 5.75 Å². The topological polar surface area (TPSA) is 125 Å². The molecule has 124 valence electrons. The molecule has 0 aromatic heterocycles. The summed E-state index contributed by atoms with van der Waals surface area (Å²) >= 11 is 0. The van der Waals surface area contributed by atoms with Crippen LogP contribution in [-0.4, -0.2) is 52.9 Å². The van der Waals surface area contributed by atoms with E-state index >= 15 is 0 Å². The van der Waals surface area contributed by atoms with Crippen molar-refractivity contribution >= 4 is 17.8 Å². The second kappa shape index (κ2) is 7.10. The van der Waals surface area contributed by atoms with E-state index < -0.39 is 36.1 Å². The van der Waals surface area contributed by atoms with Gasteiger partial charge in [-0.15, -0.1) is 0 Å². The first-order valence-corrected chi connectivity index (χ1v) is 7.05. The second-order valence-electron chi connectivity index (χ2n) is 5.00. The Kier molecular flexibility index (Phi) is 5.17. The normalized spacial score (nSPS) is 20.4. The highest BCUT2D eigenvalue weighted by Gasteiger charge is 2.52. The first-order valence-electron chi connectivity index (χ1n) is 7.05. The summed E-state index contributed by atoms with van der Waals surface area (Å²) in [6.45, 7) is 1.80. The smallest absolute Gasteiger partial charge is 0.338 e. The number of aliphatic carboxylic acids is 1. The maximum atomic E-state index is 11.9. The van der Waals surface area contributed by atoms with Crippen molar-refractivity contribution in [1.82, 2.24) is 5.32 Å². The molecule has 8 nitrogen and oxygen atoms in total. The molecule has 1 aromatic carbocycles. The monoisotopic (exact) mass is 323 g/mol. The lowest BCUT2D eigenvalue weighted by molar-refractivity contribution is -0.144. The quantitative estimate of drug-likeness (QED) is 0.470. The maximum absolute atomic E-state index is 11.9. The zero-order valence-corrected chi connectivity index (χ0v) is 12.4. The lowest BCUT2D eigenvalue weighted by Gasteiger charge is -2.14. The number of carbonyl (C=O) groups is 3. The molecule has 3 N–H and O–H groups in total. The van der Waals surface area contributed by atoms with Gasteiger partial charge < -0.3 is 25.0 Å². The molecule has 0 saturated carbocycles. The number of epoxide rings is 1. The molecular formula is C15H17NO7. The molecule has 0 unspecified atom stereocenters. The summed E-state index contributed by atoms with van der Waals surface area (Å²) in [5.41, 5.74) is 0.633. The van der Waals surface area contributed by atoms with E-state index in [0.717, 1.165) is 0 Å². The van der Waals surface area contributed by atoms with E-state index in [9.17, 15) is 24.6 Å². The number of hydrogen-bond donors (Lipinski definition) is 3. The van der Waals surface area contributed by atoms with E-state index in [1.54, 1.807) is 19.1 Å². The molecule has 1 heterocycles. The van der Waals surface area contributed by atoms with Gasteiger partial charge in [-0.2, -0.15) is 0 Å². The molecule has 0 radical (unpaired) electrons. The molecule has 1 amide bonds. The lowest BCUT2D eigenvalue weighted by atomic mass is 10.1. The van der Waals surface area contributed by atoms with Crippen LogP contribution in [0.4, 0.5) is 0 Å². The van der Waals surface area contributed by atoms with Gasteiger partial charge in [0.1, 0.15) is 11.8 Å². The maximum Gasteiger partial charge on any atom is 0.338 e. The Morgan fingerprint density at radius 3 is 2.48 bits per heavy atom. The summed E-state index contributed by atoms with van der Waals surface area (Å²) in [5, 5.41) is 20.7. The number of rotatable bonds is 7. The van der Waals surface area contributed by atoms with E-state index in [0.29, 0.717) is 5.56 Å². The third kappa shape index (κ3) is 4.43. The number of phenolic OH excluding ortho intramolecular Hbond substituents is 1. The minimum atomic E-state index is -1.21. The number of phenols is 1. The minimum Gasteiger partial charge on any atom is -0.508 e. The number of esters is 1. The van der Waals surface area contributed by atoms with Gasteiger partial charge in [0.15, 0.2) is 12.2 Å². The van der Waals surface area contributed by atoms with Gasteiger partial charge in [0.25, 0.3) is 5.91 Å². The number of amides is 1. The summed E-state index contributed by atoms with van der Waals surface area (Å²) in [5.74, 6) is -2.46. The fraction of sp³-hybridized carbons (Fsp3) is 0.400. The van der Waals surface area contributed by atoms with Crippen LogP contribution in [0.5, 0.6) is 5.75 Å². The Labute approximate surface area is 132 Å². The molecular weight excluding hydrogens is 306 g/mol. The van der Waals surface area contributed by atoms with Crippen LogP contribution in [-0.2, 0) is 30.3 Å². The molecule has 1 aliphatic rings. The number of ether oxygens (including phenoxy) is 2. The van der Waals surface area contributed by atoms with E-state index in [1.807, 2.05) is 0 Å². The Morgan fingerprint density at radius 1 is 1.26 bits per heavy atom. The van der Waals surface area contributed by atoms with Gasteiger partial charge >= 0.3 is 11.9 Å². The van der Waals surface area contributed by atoms with Gasteiger partial charge in [-0.25, -0.2) is 9.59 Å². The van der Waals surface area contributed by atoms with Crippen LogP contribution in [0.2, 0.25) is 0 Å². The molecule has 0 aliphatic carbocycles. The highest BCUT2D eigenvalue weighted by atomic mass is 16.6. The Hall–Kier alpha value is -2.61. The van der Waals surface area contributed by atoms with Gasteiger partial charge in [0.05, 0.1) is 6.61 Å². The third-order valence-corrected chi connectivity index (χ3v) is 3.26. The van der Waals surface area contributed by atoms with E-state index in [-0.39, 0.29) is 18.8 Å². The van der Waals surface area contributed by atoms with Crippen molar-refractivity contribution < 1.29 is 34.1 Å². The van der Waals surface area contributed by atoms with Gasteiger partial charge in [-0.3, -0.25) is 4.79 Å². The number of aromatic hydroxyl groups is 1. The molecule has 0 spiro atoms. The molecule has 1 saturated heterocycles. The SMILES string of the molecule is CCOC(=O)[C@H]1O[C@@H]1C(=O)N[C@@H](Cc1ccc(O)cc1)C(=O)O. The molecule has 3 atom stereocenters. The summed E-state index contributed by atoms with van der Waals surface area (Å²) in [6.07, 6.45) is -1.95. The van der Waals surface area contributed by atoms with Gasteiger partial charge in [0, 0.05) is 6.42 Å². The van der Waals surface area contributed by atoms with Crippen LogP contribution >= 0.6 is 0 Å². The van der Waals surface area contributed by atoms with Crippen molar-refractivity contribution in [2.75, 3.05) is 6.61 Å². The van der Waals surface area contributed by atoms with Gasteiger partial charge in [-0.1, -0.05) is 12.1 Å². The average Bonchev–Trinajstić information content (AvgIpc) is 3.29. The number of carboxylic acids is 1. The van der Waals surface area contributed by atoms with Crippen LogP contribution in [0, 0.1) is 0 Å². The van der Waals surface area contributed by atoms with Crippen LogP contribution in [0.3, 0.4) is 0 Å². The highest BCUT2D eigenvalue weighted by Crippen LogP contribution is 2.24. The standard InChI is InChI=1S/C15H17NO7/c1-2-22-15(21)12-11(23-12)13(18)16-10(14(19)20)7-8-3-5-9(17)6-4-8/h3-6,10-12,17H,2,7H2,1H3,(H,16,18)(H,19,20)/t10-,11-,12-/m0/s1. The Bertz CT molecular complexity index is 598. The first kappa shape index (κ1) is 16.8. The van der Waals surface area contributed by atoms with Crippen LogP contribution in [0.15, 0.2) is 24.3 Å². The summed E-state index contributed by atoms with van der Waals surface area (Å²) < 4.78 is 9.65. The van der Waals surface area contributed by atoms with E-state index in [4.69, 9.17) is 9.47 Å². The van der Waals surface area contributed by atoms with Crippen LogP contribution in [0.1, 0.15) is 12.5 Å². The molecule has 1 fully saturated rings. The minimum absolute atomic E-state index is 0.0398. The second-order valence-corrected chi connectivity index (χ2v) is 5.00. The molecule has 0 bridgehead atoms. The molecule has 23 heavy (non-hydrogen) atoms. The number of nitrogens with one attached hydrogen (secondary N) is 1. The molecule has 2 rings (SSSR count). The average molecular weight is 323 g/mol. The Morgan fingerprint density at radius 2 is 1.91 bits per heavy atom. The fourth-order valence-electron chi connectivity index (χ4n) is 2.04. The van der Waals surface area contributed by atoms with Crippen molar-refractivity contribution in [1.29, 1.82) is 0 Å². The fourth-order valence-corrected chi connectivity index (χ4v) is 2.04. The zero-order valence-electron chi connectivity index (χ0n) is 12.4. The molecule has 8 heteroatoms. The largest absolute Gasteiger partial charge is 0.508 e. The number of hydrogen-bond acceptors (Lipinski definition) is 6. The first-order chi connectivity index (χ1) is 10.9. The predicted octanol–water partition coefficient (Wildman–Crippen LogP) is -0.165. The lowest BCUT2D eigenvalue weighted by Crippen LogP contribution is -2.44. The van der Waals surface area contributed by atoms with Gasteiger partial charge in [-0.05, 0) is 24.6 Å².